The molecule has 2 amide bonds. The van der Waals surface area contributed by atoms with E-state index >= 15 is 0 Å². The smallest absolute Gasteiger partial charge is 0.291 e. The number of hydrogen-bond donors (Lipinski definition) is 1. The van der Waals surface area contributed by atoms with Gasteiger partial charge in [0.05, 0.1) is 17.5 Å². The van der Waals surface area contributed by atoms with Crippen LogP contribution in [0.25, 0.3) is 0 Å². The van der Waals surface area contributed by atoms with Crippen molar-refractivity contribution in [2.24, 2.45) is 0 Å². The minimum Gasteiger partial charge on any atom is -0.459 e. The first-order valence-electron chi connectivity index (χ1n) is 7.91. The van der Waals surface area contributed by atoms with Gasteiger partial charge in [0, 0.05) is 12.6 Å². The first kappa shape index (κ1) is 15.3. The van der Waals surface area contributed by atoms with Crippen LogP contribution < -0.4 is 5.32 Å². The SMILES string of the molecule is C[C@@H]1CCCCN1C(=O)c1ccccc1NC(=O)c1ccco1. The van der Waals surface area contributed by atoms with Crippen molar-refractivity contribution < 1.29 is 14.0 Å². The number of likely N-dealkylation sites (tertiary alicyclic amines) is 1. The summed E-state index contributed by atoms with van der Waals surface area (Å²) in [5, 5.41) is 2.77. The lowest BCUT2D eigenvalue weighted by Gasteiger charge is -2.33. The van der Waals surface area contributed by atoms with Gasteiger partial charge in [-0.05, 0) is 50.5 Å². The number of rotatable bonds is 3. The fourth-order valence-electron chi connectivity index (χ4n) is 2.92. The number of hydrogen-bond acceptors (Lipinski definition) is 3. The molecule has 1 N–H and O–H groups in total. The Morgan fingerprint density at radius 2 is 2.00 bits per heavy atom. The Morgan fingerprint density at radius 1 is 1.17 bits per heavy atom. The molecular formula is C18H20N2O3. The van der Waals surface area contributed by atoms with E-state index in [0.717, 1.165) is 25.8 Å². The van der Waals surface area contributed by atoms with Crippen molar-refractivity contribution in [2.75, 3.05) is 11.9 Å². The minimum absolute atomic E-state index is 0.0347. The Morgan fingerprint density at radius 3 is 2.74 bits per heavy atom. The molecule has 3 rings (SSSR count). The molecule has 0 bridgehead atoms. The lowest BCUT2D eigenvalue weighted by molar-refractivity contribution is 0.0636. The number of furan rings is 1. The molecule has 5 heteroatoms. The van der Waals surface area contributed by atoms with Gasteiger partial charge in [0.25, 0.3) is 11.8 Å². The average Bonchev–Trinajstić information content (AvgIpc) is 3.10. The van der Waals surface area contributed by atoms with Crippen LogP contribution in [0, 0.1) is 0 Å². The zero-order valence-corrected chi connectivity index (χ0v) is 13.1. The number of para-hydroxylation sites is 1. The highest BCUT2D eigenvalue weighted by Gasteiger charge is 2.26. The highest BCUT2D eigenvalue weighted by atomic mass is 16.3. The van der Waals surface area contributed by atoms with Gasteiger partial charge in [-0.15, -0.1) is 0 Å². The molecule has 0 spiro atoms. The predicted octanol–water partition coefficient (Wildman–Crippen LogP) is 3.55. The van der Waals surface area contributed by atoms with Gasteiger partial charge >= 0.3 is 0 Å². The summed E-state index contributed by atoms with van der Waals surface area (Å²) in [4.78, 5) is 26.9. The van der Waals surface area contributed by atoms with Crippen molar-refractivity contribution in [3.8, 4) is 0 Å². The van der Waals surface area contributed by atoms with Gasteiger partial charge in [0.1, 0.15) is 0 Å². The fraction of sp³-hybridized carbons (Fsp3) is 0.333. The molecule has 5 nitrogen and oxygen atoms in total. The van der Waals surface area contributed by atoms with Crippen LogP contribution in [0.3, 0.4) is 0 Å². The Hall–Kier alpha value is -2.56. The molecule has 1 atom stereocenters. The number of nitrogens with zero attached hydrogens (tertiary/aromatic N) is 1. The molecule has 1 aromatic carbocycles. The molecule has 0 saturated carbocycles. The van der Waals surface area contributed by atoms with Gasteiger partial charge in [-0.25, -0.2) is 0 Å². The third-order valence-electron chi connectivity index (χ3n) is 4.21. The van der Waals surface area contributed by atoms with Crippen LogP contribution in [-0.2, 0) is 0 Å². The Bertz CT molecular complexity index is 694. The number of amides is 2. The van der Waals surface area contributed by atoms with E-state index in [1.165, 1.54) is 6.26 Å². The van der Waals surface area contributed by atoms with E-state index < -0.39 is 0 Å². The Labute approximate surface area is 135 Å². The molecule has 0 unspecified atom stereocenters. The molecule has 1 saturated heterocycles. The van der Waals surface area contributed by atoms with Crippen LogP contribution in [0.15, 0.2) is 47.1 Å². The summed E-state index contributed by atoms with van der Waals surface area (Å²) in [6, 6.07) is 10.6. The summed E-state index contributed by atoms with van der Waals surface area (Å²) >= 11 is 0. The zero-order valence-electron chi connectivity index (χ0n) is 13.1. The summed E-state index contributed by atoms with van der Waals surface area (Å²) in [5.41, 5.74) is 1.03. The molecule has 1 aliphatic heterocycles. The number of piperidine rings is 1. The molecular weight excluding hydrogens is 292 g/mol. The molecule has 1 aliphatic rings. The lowest BCUT2D eigenvalue weighted by Crippen LogP contribution is -2.42. The van der Waals surface area contributed by atoms with Gasteiger partial charge in [-0.2, -0.15) is 0 Å². The normalized spacial score (nSPS) is 17.8. The molecule has 120 valence electrons. The predicted molar refractivity (Wildman–Crippen MR) is 87.5 cm³/mol. The van der Waals surface area contributed by atoms with Crippen molar-refractivity contribution in [1.29, 1.82) is 0 Å². The van der Waals surface area contributed by atoms with E-state index in [4.69, 9.17) is 4.42 Å². The van der Waals surface area contributed by atoms with Crippen LogP contribution in [0.4, 0.5) is 5.69 Å². The van der Waals surface area contributed by atoms with Crippen molar-refractivity contribution in [2.45, 2.75) is 32.2 Å². The maximum atomic E-state index is 12.9. The molecule has 0 radical (unpaired) electrons. The average molecular weight is 312 g/mol. The molecule has 1 fully saturated rings. The monoisotopic (exact) mass is 312 g/mol. The first-order valence-corrected chi connectivity index (χ1v) is 7.91. The van der Waals surface area contributed by atoms with Gasteiger partial charge in [0.2, 0.25) is 0 Å². The van der Waals surface area contributed by atoms with E-state index in [0.29, 0.717) is 11.3 Å². The van der Waals surface area contributed by atoms with Crippen LogP contribution in [-0.4, -0.2) is 29.3 Å². The summed E-state index contributed by atoms with van der Waals surface area (Å²) in [7, 11) is 0. The van der Waals surface area contributed by atoms with Crippen LogP contribution in [0.5, 0.6) is 0 Å². The van der Waals surface area contributed by atoms with Crippen molar-refractivity contribution >= 4 is 17.5 Å². The molecule has 1 aromatic heterocycles. The first-order chi connectivity index (χ1) is 11.2. The highest BCUT2D eigenvalue weighted by molar-refractivity contribution is 6.07. The Balaban J connectivity index is 1.82. The third kappa shape index (κ3) is 3.28. The zero-order chi connectivity index (χ0) is 16.2. The van der Waals surface area contributed by atoms with Crippen molar-refractivity contribution in [1.82, 2.24) is 4.90 Å². The number of carbonyl (C=O) groups excluding carboxylic acids is 2. The van der Waals surface area contributed by atoms with E-state index in [9.17, 15) is 9.59 Å². The summed E-state index contributed by atoms with van der Waals surface area (Å²) < 4.78 is 5.09. The molecule has 2 aromatic rings. The van der Waals surface area contributed by atoms with E-state index in [1.807, 2.05) is 11.0 Å². The summed E-state index contributed by atoms with van der Waals surface area (Å²) in [5.74, 6) is -0.173. The maximum absolute atomic E-state index is 12.9. The highest BCUT2D eigenvalue weighted by Crippen LogP contribution is 2.23. The Kier molecular flexibility index (Phi) is 4.46. The second-order valence-corrected chi connectivity index (χ2v) is 5.82. The summed E-state index contributed by atoms with van der Waals surface area (Å²) in [6.07, 6.45) is 4.65. The second-order valence-electron chi connectivity index (χ2n) is 5.82. The van der Waals surface area contributed by atoms with E-state index in [2.05, 4.69) is 12.2 Å². The number of carbonyl (C=O) groups is 2. The van der Waals surface area contributed by atoms with Gasteiger partial charge < -0.3 is 14.6 Å². The van der Waals surface area contributed by atoms with Crippen molar-refractivity contribution in [3.63, 3.8) is 0 Å². The minimum atomic E-state index is -0.359. The van der Waals surface area contributed by atoms with E-state index in [1.54, 1.807) is 30.3 Å². The quantitative estimate of drug-likeness (QED) is 0.942. The molecule has 0 aliphatic carbocycles. The van der Waals surface area contributed by atoms with Gasteiger partial charge in [0.15, 0.2) is 5.76 Å². The molecule has 2 heterocycles. The number of benzene rings is 1. The van der Waals surface area contributed by atoms with Crippen LogP contribution in [0.2, 0.25) is 0 Å². The number of anilines is 1. The van der Waals surface area contributed by atoms with Crippen LogP contribution in [0.1, 0.15) is 47.1 Å². The van der Waals surface area contributed by atoms with Gasteiger partial charge in [-0.1, -0.05) is 12.1 Å². The second kappa shape index (κ2) is 6.69. The largest absolute Gasteiger partial charge is 0.459 e. The summed E-state index contributed by atoms with van der Waals surface area (Å²) in [6.45, 7) is 2.83. The van der Waals surface area contributed by atoms with Crippen molar-refractivity contribution in [3.05, 3.63) is 54.0 Å². The third-order valence-corrected chi connectivity index (χ3v) is 4.21. The van der Waals surface area contributed by atoms with Gasteiger partial charge in [-0.3, -0.25) is 9.59 Å². The lowest BCUT2D eigenvalue weighted by atomic mass is 10.0. The topological polar surface area (TPSA) is 62.6 Å². The van der Waals surface area contributed by atoms with Crippen LogP contribution >= 0.6 is 0 Å². The molecule has 23 heavy (non-hydrogen) atoms. The van der Waals surface area contributed by atoms with E-state index in [-0.39, 0.29) is 23.6 Å². The fourth-order valence-corrected chi connectivity index (χ4v) is 2.92. The number of nitrogens with one attached hydrogen (secondary N) is 1. The standard InChI is InChI=1S/C18H20N2O3/c1-13-7-4-5-11-20(13)18(22)14-8-2-3-9-15(14)19-17(21)16-10-6-12-23-16/h2-3,6,8-10,12-13H,4-5,7,11H2,1H3,(H,19,21)/t13-/m1/s1. The maximum Gasteiger partial charge on any atom is 0.291 e.